The van der Waals surface area contributed by atoms with E-state index in [1.807, 2.05) is 0 Å². The minimum atomic E-state index is -5.06. The van der Waals surface area contributed by atoms with Gasteiger partial charge < -0.3 is 4.90 Å². The summed E-state index contributed by atoms with van der Waals surface area (Å²) < 4.78 is 81.4. The van der Waals surface area contributed by atoms with Crippen LogP contribution in [0.1, 0.15) is 38.7 Å². The molecule has 1 aliphatic rings. The molecular formula is C26H19F6NO2. The number of alkyl halides is 6. The second-order valence-corrected chi connectivity index (χ2v) is 8.42. The lowest BCUT2D eigenvalue weighted by atomic mass is 9.85. The van der Waals surface area contributed by atoms with Crippen LogP contribution in [0.15, 0.2) is 72.8 Å². The van der Waals surface area contributed by atoms with Crippen LogP contribution in [-0.4, -0.2) is 18.1 Å². The van der Waals surface area contributed by atoms with E-state index in [9.17, 15) is 35.9 Å². The molecule has 0 radical (unpaired) electrons. The lowest BCUT2D eigenvalue weighted by molar-refractivity contribution is -0.143. The summed E-state index contributed by atoms with van der Waals surface area (Å²) in [5, 5.41) is 0. The highest BCUT2D eigenvalue weighted by molar-refractivity contribution is 6.14. The van der Waals surface area contributed by atoms with E-state index in [0.29, 0.717) is 17.8 Å². The van der Waals surface area contributed by atoms with E-state index in [4.69, 9.17) is 0 Å². The molecule has 1 saturated heterocycles. The number of para-hydroxylation sites is 1. The number of hydrogen-bond donors (Lipinski definition) is 0. The molecule has 3 nitrogen and oxygen atoms in total. The molecule has 35 heavy (non-hydrogen) atoms. The lowest BCUT2D eigenvalue weighted by Crippen LogP contribution is -2.30. The molecule has 0 amide bonds. The Labute approximate surface area is 197 Å². The average Bonchev–Trinajstić information content (AvgIpc) is 3.15. The molecule has 1 aliphatic heterocycles. The van der Waals surface area contributed by atoms with Gasteiger partial charge in [-0.05, 0) is 42.8 Å². The van der Waals surface area contributed by atoms with Crippen molar-refractivity contribution in [1.82, 2.24) is 0 Å². The minimum Gasteiger partial charge on any atom is -0.356 e. The fourth-order valence-corrected chi connectivity index (χ4v) is 4.30. The van der Waals surface area contributed by atoms with Crippen molar-refractivity contribution in [2.75, 3.05) is 11.4 Å². The van der Waals surface area contributed by atoms with Gasteiger partial charge in [0.15, 0.2) is 11.6 Å². The Hall–Kier alpha value is -3.62. The number of ketones is 2. The zero-order chi connectivity index (χ0) is 25.5. The van der Waals surface area contributed by atoms with Crippen LogP contribution in [0.25, 0.3) is 0 Å². The molecule has 9 heteroatoms. The standard InChI is InChI=1S/C26H19F6NO2/c1-15-7-9-16(10-8-15)24(35)22-21(34)14-33(20-5-3-2-4-6-20)23(22)17-11-18(25(27,28)29)13-19(12-17)26(30,31)32/h2-13,22-23H,14H2,1H3. The molecule has 4 rings (SSSR count). The SMILES string of the molecule is Cc1ccc(C(=O)C2C(=O)CN(c3ccccc3)C2c2cc(C(F)(F)F)cc(C(F)(F)F)c2)cc1. The van der Waals surface area contributed by atoms with E-state index in [1.165, 1.54) is 17.0 Å². The second-order valence-electron chi connectivity index (χ2n) is 8.42. The van der Waals surface area contributed by atoms with Crippen molar-refractivity contribution in [1.29, 1.82) is 0 Å². The van der Waals surface area contributed by atoms with E-state index < -0.39 is 52.6 Å². The summed E-state index contributed by atoms with van der Waals surface area (Å²) in [5.74, 6) is -2.73. The van der Waals surface area contributed by atoms with E-state index in [1.54, 1.807) is 49.4 Å². The van der Waals surface area contributed by atoms with Crippen LogP contribution >= 0.6 is 0 Å². The Kier molecular flexibility index (Phi) is 6.21. The third kappa shape index (κ3) is 4.94. The van der Waals surface area contributed by atoms with Gasteiger partial charge in [-0.1, -0.05) is 48.0 Å². The summed E-state index contributed by atoms with van der Waals surface area (Å²) in [6.45, 7) is 1.45. The Bertz CT molecular complexity index is 1220. The number of carbonyl (C=O) groups is 2. The number of nitrogens with zero attached hydrogens (tertiary/aromatic N) is 1. The third-order valence-corrected chi connectivity index (χ3v) is 5.98. The highest BCUT2D eigenvalue weighted by Gasteiger charge is 2.48. The third-order valence-electron chi connectivity index (χ3n) is 5.98. The molecule has 0 bridgehead atoms. The number of hydrogen-bond acceptors (Lipinski definition) is 3. The van der Waals surface area contributed by atoms with Gasteiger partial charge in [-0.3, -0.25) is 9.59 Å². The normalized spacial score (nSPS) is 18.7. The molecule has 0 N–H and O–H groups in total. The first kappa shape index (κ1) is 24.5. The zero-order valence-corrected chi connectivity index (χ0v) is 18.3. The smallest absolute Gasteiger partial charge is 0.356 e. The summed E-state index contributed by atoms with van der Waals surface area (Å²) in [7, 11) is 0. The molecule has 0 saturated carbocycles. The number of halogens is 6. The van der Waals surface area contributed by atoms with Gasteiger partial charge in [0.25, 0.3) is 0 Å². The second kappa shape index (κ2) is 8.87. The maximum Gasteiger partial charge on any atom is 0.416 e. The molecule has 1 heterocycles. The van der Waals surface area contributed by atoms with Gasteiger partial charge in [-0.25, -0.2) is 0 Å². The number of benzene rings is 3. The number of rotatable bonds is 4. The van der Waals surface area contributed by atoms with E-state index in [-0.39, 0.29) is 18.2 Å². The fraction of sp³-hybridized carbons (Fsp3) is 0.231. The topological polar surface area (TPSA) is 37.4 Å². The van der Waals surface area contributed by atoms with Gasteiger partial charge >= 0.3 is 12.4 Å². The summed E-state index contributed by atoms with van der Waals surface area (Å²) in [6.07, 6.45) is -10.1. The summed E-state index contributed by atoms with van der Waals surface area (Å²) in [6, 6.07) is 14.2. The van der Waals surface area contributed by atoms with Gasteiger partial charge in [0.05, 0.1) is 23.7 Å². The van der Waals surface area contributed by atoms with Crippen LogP contribution in [0.5, 0.6) is 0 Å². The largest absolute Gasteiger partial charge is 0.416 e. The molecule has 1 fully saturated rings. The predicted molar refractivity (Wildman–Crippen MR) is 117 cm³/mol. The Morgan fingerprint density at radius 3 is 1.89 bits per heavy atom. The highest BCUT2D eigenvalue weighted by Crippen LogP contribution is 2.44. The zero-order valence-electron chi connectivity index (χ0n) is 18.3. The van der Waals surface area contributed by atoms with Crippen LogP contribution in [-0.2, 0) is 17.1 Å². The summed E-state index contributed by atoms with van der Waals surface area (Å²) in [5.41, 5.74) is -2.03. The van der Waals surface area contributed by atoms with Crippen LogP contribution < -0.4 is 4.90 Å². The van der Waals surface area contributed by atoms with Gasteiger partial charge in [0, 0.05) is 11.3 Å². The van der Waals surface area contributed by atoms with Gasteiger partial charge in [-0.15, -0.1) is 0 Å². The molecule has 3 aromatic carbocycles. The van der Waals surface area contributed by atoms with Crippen molar-refractivity contribution >= 4 is 17.3 Å². The first-order valence-corrected chi connectivity index (χ1v) is 10.6. The van der Waals surface area contributed by atoms with Crippen molar-refractivity contribution < 1.29 is 35.9 Å². The Morgan fingerprint density at radius 2 is 1.37 bits per heavy atom. The van der Waals surface area contributed by atoms with Gasteiger partial charge in [0.2, 0.25) is 0 Å². The minimum absolute atomic E-state index is 0.0317. The van der Waals surface area contributed by atoms with Crippen molar-refractivity contribution in [3.63, 3.8) is 0 Å². The molecule has 2 atom stereocenters. The quantitative estimate of drug-likeness (QED) is 0.233. The van der Waals surface area contributed by atoms with Crippen molar-refractivity contribution in [2.45, 2.75) is 25.3 Å². The molecule has 3 aromatic rings. The highest BCUT2D eigenvalue weighted by atomic mass is 19.4. The van der Waals surface area contributed by atoms with Crippen LogP contribution in [0.4, 0.5) is 32.0 Å². The molecule has 0 aliphatic carbocycles. The molecule has 2 unspecified atom stereocenters. The predicted octanol–water partition coefficient (Wildman–Crippen LogP) is 6.66. The fourth-order valence-electron chi connectivity index (χ4n) is 4.30. The summed E-state index contributed by atoms with van der Waals surface area (Å²) in [4.78, 5) is 27.9. The van der Waals surface area contributed by atoms with Gasteiger partial charge in [0.1, 0.15) is 5.92 Å². The van der Waals surface area contributed by atoms with Crippen LogP contribution in [0.2, 0.25) is 0 Å². The van der Waals surface area contributed by atoms with E-state index in [0.717, 1.165) is 5.56 Å². The molecule has 0 aromatic heterocycles. The van der Waals surface area contributed by atoms with Crippen LogP contribution in [0.3, 0.4) is 0 Å². The summed E-state index contributed by atoms with van der Waals surface area (Å²) >= 11 is 0. The van der Waals surface area contributed by atoms with E-state index >= 15 is 0 Å². The maximum atomic E-state index is 13.6. The molecule has 182 valence electrons. The first-order chi connectivity index (χ1) is 16.4. The monoisotopic (exact) mass is 491 g/mol. The van der Waals surface area contributed by atoms with Crippen molar-refractivity contribution in [3.8, 4) is 0 Å². The maximum absolute atomic E-state index is 13.6. The number of Topliss-reactive ketones (excluding diaryl/α,β-unsaturated/α-hetero) is 2. The van der Waals surface area contributed by atoms with Crippen molar-refractivity contribution in [3.05, 3.63) is 101 Å². The lowest BCUT2D eigenvalue weighted by Gasteiger charge is -2.30. The van der Waals surface area contributed by atoms with Crippen molar-refractivity contribution in [2.24, 2.45) is 5.92 Å². The molecule has 0 spiro atoms. The number of carbonyl (C=O) groups excluding carboxylic acids is 2. The number of anilines is 1. The first-order valence-electron chi connectivity index (χ1n) is 10.6. The van der Waals surface area contributed by atoms with E-state index in [2.05, 4.69) is 0 Å². The number of aryl methyl sites for hydroxylation is 1. The Balaban J connectivity index is 1.92. The molecular weight excluding hydrogens is 472 g/mol. The van der Waals surface area contributed by atoms with Gasteiger partial charge in [-0.2, -0.15) is 26.3 Å². The average molecular weight is 491 g/mol. The Morgan fingerprint density at radius 1 is 0.829 bits per heavy atom. The van der Waals surface area contributed by atoms with Crippen LogP contribution in [0, 0.1) is 12.8 Å².